The van der Waals surface area contributed by atoms with Crippen LogP contribution < -0.4 is 0 Å². The molecule has 0 unspecified atom stereocenters. The number of nitrogens with zero attached hydrogens (tertiary/aromatic N) is 2. The van der Waals surface area contributed by atoms with Gasteiger partial charge in [0.25, 0.3) is 0 Å². The molecule has 1 aromatic carbocycles. The van der Waals surface area contributed by atoms with Crippen molar-refractivity contribution in [2.24, 2.45) is 5.92 Å². The molecular weight excluding hydrogens is 288 g/mol. The van der Waals surface area contributed by atoms with Gasteiger partial charge in [0.2, 0.25) is 0 Å². The van der Waals surface area contributed by atoms with Crippen molar-refractivity contribution in [3.63, 3.8) is 0 Å². The Balaban J connectivity index is 2.26. The largest absolute Gasteiger partial charge is 0.297 e. The highest BCUT2D eigenvalue weighted by Crippen LogP contribution is 2.36. The molecule has 1 saturated heterocycles. The van der Waals surface area contributed by atoms with Crippen molar-refractivity contribution in [1.82, 2.24) is 4.90 Å². The van der Waals surface area contributed by atoms with Gasteiger partial charge in [-0.25, -0.2) is 0 Å². The van der Waals surface area contributed by atoms with E-state index in [1.165, 1.54) is 5.56 Å². The van der Waals surface area contributed by atoms with E-state index in [9.17, 15) is 5.26 Å². The summed E-state index contributed by atoms with van der Waals surface area (Å²) in [7, 11) is 0. The van der Waals surface area contributed by atoms with Gasteiger partial charge < -0.3 is 0 Å². The van der Waals surface area contributed by atoms with Gasteiger partial charge in [0.15, 0.2) is 0 Å². The number of rotatable bonds is 1. The van der Waals surface area contributed by atoms with Crippen molar-refractivity contribution in [2.45, 2.75) is 32.2 Å². The molecule has 2 rings (SSSR count). The third-order valence-corrected chi connectivity index (χ3v) is 4.20. The molecular formula is C15H19BrN2. The molecule has 0 saturated carbocycles. The summed E-state index contributed by atoms with van der Waals surface area (Å²) in [4.78, 5) is 2.41. The molecule has 1 heterocycles. The fourth-order valence-corrected chi connectivity index (χ4v) is 2.97. The van der Waals surface area contributed by atoms with Crippen LogP contribution in [0.15, 0.2) is 28.7 Å². The van der Waals surface area contributed by atoms with Crippen molar-refractivity contribution >= 4 is 15.9 Å². The fourth-order valence-electron chi connectivity index (χ4n) is 2.56. The Morgan fingerprint density at radius 2 is 2.06 bits per heavy atom. The van der Waals surface area contributed by atoms with Crippen molar-refractivity contribution in [3.05, 3.63) is 34.3 Å². The van der Waals surface area contributed by atoms with Gasteiger partial charge in [0.1, 0.15) is 0 Å². The average molecular weight is 307 g/mol. The Morgan fingerprint density at radius 3 is 2.61 bits per heavy atom. The second-order valence-electron chi connectivity index (χ2n) is 5.97. The molecule has 18 heavy (non-hydrogen) atoms. The highest BCUT2D eigenvalue weighted by molar-refractivity contribution is 9.10. The van der Waals surface area contributed by atoms with E-state index >= 15 is 0 Å². The SMILES string of the molecule is CC(C)(C)N1C[C@@H](C#N)[C@H](c2cccc(Br)c2)C1. The molecule has 2 atom stereocenters. The zero-order valence-electron chi connectivity index (χ0n) is 11.2. The van der Waals surface area contributed by atoms with Gasteiger partial charge in [-0.15, -0.1) is 0 Å². The molecule has 0 amide bonds. The number of halogens is 1. The normalized spacial score (nSPS) is 25.1. The second kappa shape index (κ2) is 5.03. The monoisotopic (exact) mass is 306 g/mol. The van der Waals surface area contributed by atoms with E-state index in [2.05, 4.69) is 59.8 Å². The van der Waals surface area contributed by atoms with Crippen LogP contribution >= 0.6 is 15.9 Å². The smallest absolute Gasteiger partial charge is 0.0676 e. The van der Waals surface area contributed by atoms with Crippen molar-refractivity contribution in [3.8, 4) is 6.07 Å². The van der Waals surface area contributed by atoms with Gasteiger partial charge in [-0.2, -0.15) is 5.26 Å². The summed E-state index contributed by atoms with van der Waals surface area (Å²) < 4.78 is 1.09. The number of likely N-dealkylation sites (tertiary alicyclic amines) is 1. The van der Waals surface area contributed by atoms with E-state index in [0.29, 0.717) is 5.92 Å². The summed E-state index contributed by atoms with van der Waals surface area (Å²) in [6, 6.07) is 10.8. The van der Waals surface area contributed by atoms with Crippen molar-refractivity contribution in [1.29, 1.82) is 5.26 Å². The summed E-state index contributed by atoms with van der Waals surface area (Å²) in [5.41, 5.74) is 1.40. The Labute approximate surface area is 118 Å². The molecule has 0 bridgehead atoms. The third kappa shape index (κ3) is 2.76. The van der Waals surface area contributed by atoms with Gasteiger partial charge in [0, 0.05) is 29.0 Å². The summed E-state index contributed by atoms with van der Waals surface area (Å²) >= 11 is 3.51. The fraction of sp³-hybridized carbons (Fsp3) is 0.533. The van der Waals surface area contributed by atoms with Crippen LogP contribution in [0.3, 0.4) is 0 Å². The number of nitriles is 1. The average Bonchev–Trinajstić information content (AvgIpc) is 2.72. The first kappa shape index (κ1) is 13.6. The van der Waals surface area contributed by atoms with Crippen LogP contribution in [0, 0.1) is 17.2 Å². The Hall–Kier alpha value is -0.850. The minimum absolute atomic E-state index is 0.0959. The molecule has 1 aromatic rings. The van der Waals surface area contributed by atoms with Crippen molar-refractivity contribution in [2.75, 3.05) is 13.1 Å². The first-order valence-corrected chi connectivity index (χ1v) is 7.11. The van der Waals surface area contributed by atoms with Crippen LogP contribution in [0.4, 0.5) is 0 Å². The molecule has 1 aliphatic rings. The van der Waals surface area contributed by atoms with Gasteiger partial charge in [-0.05, 0) is 38.5 Å². The van der Waals surface area contributed by atoms with Crippen LogP contribution in [0.25, 0.3) is 0 Å². The summed E-state index contributed by atoms with van der Waals surface area (Å²) in [6.45, 7) is 8.48. The van der Waals surface area contributed by atoms with E-state index in [-0.39, 0.29) is 11.5 Å². The molecule has 96 valence electrons. The molecule has 0 aromatic heterocycles. The van der Waals surface area contributed by atoms with Gasteiger partial charge in [-0.1, -0.05) is 28.1 Å². The highest BCUT2D eigenvalue weighted by atomic mass is 79.9. The Morgan fingerprint density at radius 1 is 1.33 bits per heavy atom. The zero-order valence-corrected chi connectivity index (χ0v) is 12.7. The summed E-state index contributed by atoms with van der Waals surface area (Å²) in [5.74, 6) is 0.422. The molecule has 3 heteroatoms. The second-order valence-corrected chi connectivity index (χ2v) is 6.89. The van der Waals surface area contributed by atoms with Gasteiger partial charge in [0.05, 0.1) is 12.0 Å². The van der Waals surface area contributed by atoms with E-state index in [1.807, 2.05) is 12.1 Å². The topological polar surface area (TPSA) is 27.0 Å². The lowest BCUT2D eigenvalue weighted by atomic mass is 9.90. The maximum Gasteiger partial charge on any atom is 0.0676 e. The highest BCUT2D eigenvalue weighted by Gasteiger charge is 2.38. The third-order valence-electron chi connectivity index (χ3n) is 3.71. The molecule has 0 N–H and O–H groups in total. The molecule has 2 nitrogen and oxygen atoms in total. The molecule has 1 fully saturated rings. The van der Waals surface area contributed by atoms with Gasteiger partial charge in [-0.3, -0.25) is 4.90 Å². The number of benzene rings is 1. The minimum atomic E-state index is 0.0959. The lowest BCUT2D eigenvalue weighted by molar-refractivity contribution is 0.170. The van der Waals surface area contributed by atoms with Crippen LogP contribution in [0.1, 0.15) is 32.3 Å². The molecule has 0 spiro atoms. The molecule has 0 aliphatic carbocycles. The molecule has 1 aliphatic heterocycles. The summed E-state index contributed by atoms with van der Waals surface area (Å²) in [6.07, 6.45) is 0. The van der Waals surface area contributed by atoms with E-state index < -0.39 is 0 Å². The first-order chi connectivity index (χ1) is 8.41. The quantitative estimate of drug-likeness (QED) is 0.789. The maximum absolute atomic E-state index is 9.36. The van der Waals surface area contributed by atoms with Crippen LogP contribution in [0.2, 0.25) is 0 Å². The standard InChI is InChI=1S/C15H19BrN2/c1-15(2,3)18-9-12(8-17)14(10-18)11-5-4-6-13(16)7-11/h4-7,12,14H,9-10H2,1-3H3/t12-,14+/m1/s1. The lowest BCUT2D eigenvalue weighted by Gasteiger charge is -2.31. The van der Waals surface area contributed by atoms with Crippen LogP contribution in [-0.4, -0.2) is 23.5 Å². The predicted molar refractivity (Wildman–Crippen MR) is 77.3 cm³/mol. The summed E-state index contributed by atoms with van der Waals surface area (Å²) in [5, 5.41) is 9.36. The van der Waals surface area contributed by atoms with E-state index in [4.69, 9.17) is 0 Å². The van der Waals surface area contributed by atoms with Crippen molar-refractivity contribution < 1.29 is 0 Å². The minimum Gasteiger partial charge on any atom is -0.297 e. The van der Waals surface area contributed by atoms with E-state index in [1.54, 1.807) is 0 Å². The van der Waals surface area contributed by atoms with Crippen LogP contribution in [-0.2, 0) is 0 Å². The molecule has 0 radical (unpaired) electrons. The maximum atomic E-state index is 9.36. The number of hydrogen-bond donors (Lipinski definition) is 0. The van der Waals surface area contributed by atoms with E-state index in [0.717, 1.165) is 17.6 Å². The van der Waals surface area contributed by atoms with Gasteiger partial charge >= 0.3 is 0 Å². The zero-order chi connectivity index (χ0) is 13.3. The number of hydrogen-bond acceptors (Lipinski definition) is 2. The lowest BCUT2D eigenvalue weighted by Crippen LogP contribution is -2.39. The Kier molecular flexibility index (Phi) is 3.79. The first-order valence-electron chi connectivity index (χ1n) is 6.32. The Bertz CT molecular complexity index is 470. The predicted octanol–water partition coefficient (Wildman–Crippen LogP) is 3.79. The van der Waals surface area contributed by atoms with Crippen LogP contribution in [0.5, 0.6) is 0 Å².